The van der Waals surface area contributed by atoms with Gasteiger partial charge in [-0.05, 0) is 15.9 Å². The SMILES string of the molecule is Nc1nc(C2COCCO2)nc(-c2ccccc2)c1Br. The van der Waals surface area contributed by atoms with Crippen molar-refractivity contribution in [2.45, 2.75) is 6.10 Å². The van der Waals surface area contributed by atoms with Gasteiger partial charge < -0.3 is 15.2 Å². The highest BCUT2D eigenvalue weighted by atomic mass is 79.9. The molecule has 20 heavy (non-hydrogen) atoms. The molecule has 0 bridgehead atoms. The molecule has 1 aromatic heterocycles. The summed E-state index contributed by atoms with van der Waals surface area (Å²) in [5, 5.41) is 0. The molecule has 2 heterocycles. The van der Waals surface area contributed by atoms with Gasteiger partial charge in [-0.15, -0.1) is 0 Å². The predicted molar refractivity (Wildman–Crippen MR) is 79.1 cm³/mol. The number of nitrogens with two attached hydrogens (primary N) is 1. The Morgan fingerprint density at radius 3 is 2.65 bits per heavy atom. The number of aromatic nitrogens is 2. The quantitative estimate of drug-likeness (QED) is 0.913. The Bertz CT molecular complexity index is 601. The van der Waals surface area contributed by atoms with Crippen molar-refractivity contribution in [1.29, 1.82) is 0 Å². The average molecular weight is 336 g/mol. The molecule has 1 aromatic carbocycles. The van der Waals surface area contributed by atoms with Gasteiger partial charge in [-0.2, -0.15) is 0 Å². The van der Waals surface area contributed by atoms with Gasteiger partial charge in [-0.25, -0.2) is 9.97 Å². The van der Waals surface area contributed by atoms with E-state index in [0.29, 0.717) is 35.9 Å². The summed E-state index contributed by atoms with van der Waals surface area (Å²) in [7, 11) is 0. The van der Waals surface area contributed by atoms with E-state index < -0.39 is 0 Å². The summed E-state index contributed by atoms with van der Waals surface area (Å²) in [5.41, 5.74) is 7.72. The maximum atomic E-state index is 5.97. The van der Waals surface area contributed by atoms with Crippen molar-refractivity contribution in [2.75, 3.05) is 25.6 Å². The lowest BCUT2D eigenvalue weighted by molar-refractivity contribution is -0.0934. The zero-order valence-corrected chi connectivity index (χ0v) is 12.3. The molecule has 0 radical (unpaired) electrons. The molecule has 0 saturated carbocycles. The van der Waals surface area contributed by atoms with Crippen molar-refractivity contribution in [1.82, 2.24) is 9.97 Å². The van der Waals surface area contributed by atoms with E-state index in [0.717, 1.165) is 11.3 Å². The van der Waals surface area contributed by atoms with E-state index in [1.54, 1.807) is 0 Å². The van der Waals surface area contributed by atoms with Crippen LogP contribution in [0.3, 0.4) is 0 Å². The highest BCUT2D eigenvalue weighted by Crippen LogP contribution is 2.31. The first-order valence-electron chi connectivity index (χ1n) is 6.33. The third-order valence-corrected chi connectivity index (χ3v) is 3.83. The molecule has 0 amide bonds. The van der Waals surface area contributed by atoms with Crippen LogP contribution >= 0.6 is 15.9 Å². The zero-order valence-electron chi connectivity index (χ0n) is 10.8. The van der Waals surface area contributed by atoms with Gasteiger partial charge >= 0.3 is 0 Å². The second kappa shape index (κ2) is 5.87. The van der Waals surface area contributed by atoms with E-state index in [4.69, 9.17) is 15.2 Å². The van der Waals surface area contributed by atoms with Gasteiger partial charge in [0, 0.05) is 5.56 Å². The summed E-state index contributed by atoms with van der Waals surface area (Å²) < 4.78 is 11.7. The lowest BCUT2D eigenvalue weighted by Crippen LogP contribution is -2.24. The Morgan fingerprint density at radius 2 is 1.95 bits per heavy atom. The summed E-state index contributed by atoms with van der Waals surface area (Å²) in [6.07, 6.45) is -0.262. The minimum atomic E-state index is -0.262. The molecule has 1 aliphatic rings. The Labute approximate surface area is 125 Å². The first-order valence-corrected chi connectivity index (χ1v) is 7.12. The summed E-state index contributed by atoms with van der Waals surface area (Å²) in [6.45, 7) is 1.61. The third-order valence-electron chi connectivity index (χ3n) is 3.05. The fourth-order valence-electron chi connectivity index (χ4n) is 2.05. The van der Waals surface area contributed by atoms with Gasteiger partial charge in [0.1, 0.15) is 11.9 Å². The Hall–Kier alpha value is -1.50. The summed E-state index contributed by atoms with van der Waals surface area (Å²) >= 11 is 3.45. The first-order chi connectivity index (χ1) is 9.75. The fourth-order valence-corrected chi connectivity index (χ4v) is 2.46. The van der Waals surface area contributed by atoms with Crippen LogP contribution in [-0.2, 0) is 9.47 Å². The molecule has 0 aliphatic carbocycles. The number of benzene rings is 1. The highest BCUT2D eigenvalue weighted by molar-refractivity contribution is 9.10. The first kappa shape index (κ1) is 13.5. The van der Waals surface area contributed by atoms with Gasteiger partial charge in [0.2, 0.25) is 0 Å². The van der Waals surface area contributed by atoms with Crippen LogP contribution in [0.1, 0.15) is 11.9 Å². The maximum Gasteiger partial charge on any atom is 0.162 e. The van der Waals surface area contributed by atoms with Gasteiger partial charge in [0.25, 0.3) is 0 Å². The Kier molecular flexibility index (Phi) is 3.95. The molecule has 1 fully saturated rings. The number of halogens is 1. The van der Waals surface area contributed by atoms with Crippen molar-refractivity contribution in [3.63, 3.8) is 0 Å². The molecule has 3 rings (SSSR count). The molecule has 104 valence electrons. The number of hydrogen-bond acceptors (Lipinski definition) is 5. The Balaban J connectivity index is 2.03. The van der Waals surface area contributed by atoms with Gasteiger partial charge in [0.05, 0.1) is 30.0 Å². The molecule has 2 N–H and O–H groups in total. The number of nitrogen functional groups attached to an aromatic ring is 1. The predicted octanol–water partition coefficient (Wildman–Crippen LogP) is 2.58. The number of ether oxygens (including phenoxy) is 2. The Morgan fingerprint density at radius 1 is 1.15 bits per heavy atom. The van der Waals surface area contributed by atoms with Crippen LogP contribution in [-0.4, -0.2) is 29.8 Å². The smallest absolute Gasteiger partial charge is 0.162 e. The molecule has 1 aliphatic heterocycles. The molecule has 0 spiro atoms. The molecule has 1 unspecified atom stereocenters. The van der Waals surface area contributed by atoms with Crippen LogP contribution in [0.2, 0.25) is 0 Å². The maximum absolute atomic E-state index is 5.97. The average Bonchev–Trinajstić information content (AvgIpc) is 2.51. The molecule has 1 atom stereocenters. The third kappa shape index (κ3) is 2.67. The van der Waals surface area contributed by atoms with Crippen LogP contribution < -0.4 is 5.73 Å². The minimum Gasteiger partial charge on any atom is -0.383 e. The monoisotopic (exact) mass is 335 g/mol. The van der Waals surface area contributed by atoms with E-state index in [1.165, 1.54) is 0 Å². The van der Waals surface area contributed by atoms with E-state index in [2.05, 4.69) is 25.9 Å². The summed E-state index contributed by atoms with van der Waals surface area (Å²) in [4.78, 5) is 8.88. The largest absolute Gasteiger partial charge is 0.383 e. The minimum absolute atomic E-state index is 0.262. The van der Waals surface area contributed by atoms with Crippen LogP contribution in [0.25, 0.3) is 11.3 Å². The van der Waals surface area contributed by atoms with Crippen LogP contribution in [0, 0.1) is 0 Å². The number of anilines is 1. The van der Waals surface area contributed by atoms with Crippen LogP contribution in [0.5, 0.6) is 0 Å². The van der Waals surface area contributed by atoms with Crippen molar-refractivity contribution < 1.29 is 9.47 Å². The van der Waals surface area contributed by atoms with Crippen molar-refractivity contribution in [3.8, 4) is 11.3 Å². The van der Waals surface area contributed by atoms with Crippen LogP contribution in [0.4, 0.5) is 5.82 Å². The summed E-state index contributed by atoms with van der Waals surface area (Å²) in [5.74, 6) is 0.965. The molecule has 1 saturated heterocycles. The van der Waals surface area contributed by atoms with E-state index in [9.17, 15) is 0 Å². The lowest BCUT2D eigenvalue weighted by Gasteiger charge is -2.22. The second-order valence-electron chi connectivity index (χ2n) is 4.43. The molecular weight excluding hydrogens is 322 g/mol. The van der Waals surface area contributed by atoms with E-state index in [1.807, 2.05) is 30.3 Å². The van der Waals surface area contributed by atoms with Gasteiger partial charge in [-0.1, -0.05) is 30.3 Å². The fraction of sp³-hybridized carbons (Fsp3) is 0.286. The van der Waals surface area contributed by atoms with Crippen molar-refractivity contribution in [2.24, 2.45) is 0 Å². The standard InChI is InChI=1S/C14H14BrN3O2/c15-11-12(9-4-2-1-3-5-9)17-14(18-13(11)16)10-8-19-6-7-20-10/h1-5,10H,6-8H2,(H2,16,17,18). The second-order valence-corrected chi connectivity index (χ2v) is 5.22. The number of nitrogens with zero attached hydrogens (tertiary/aromatic N) is 2. The number of hydrogen-bond donors (Lipinski definition) is 1. The van der Waals surface area contributed by atoms with Gasteiger partial charge in [-0.3, -0.25) is 0 Å². The highest BCUT2D eigenvalue weighted by Gasteiger charge is 2.22. The van der Waals surface area contributed by atoms with Gasteiger partial charge in [0.15, 0.2) is 5.82 Å². The molecule has 5 nitrogen and oxygen atoms in total. The summed E-state index contributed by atoms with van der Waals surface area (Å²) in [6, 6.07) is 9.84. The lowest BCUT2D eigenvalue weighted by atomic mass is 10.1. The zero-order chi connectivity index (χ0) is 13.9. The molecule has 2 aromatic rings. The van der Waals surface area contributed by atoms with Crippen molar-refractivity contribution >= 4 is 21.7 Å². The van der Waals surface area contributed by atoms with Crippen molar-refractivity contribution in [3.05, 3.63) is 40.6 Å². The van der Waals surface area contributed by atoms with E-state index in [-0.39, 0.29) is 6.10 Å². The topological polar surface area (TPSA) is 70.3 Å². The number of rotatable bonds is 2. The van der Waals surface area contributed by atoms with E-state index >= 15 is 0 Å². The normalized spacial score (nSPS) is 18.9. The van der Waals surface area contributed by atoms with Crippen LogP contribution in [0.15, 0.2) is 34.8 Å². The molecular formula is C14H14BrN3O2. The molecule has 6 heteroatoms.